The summed E-state index contributed by atoms with van der Waals surface area (Å²) in [5, 5.41) is 22.6. The molecule has 2 aromatic carbocycles. The van der Waals surface area contributed by atoms with Crippen LogP contribution in [0.25, 0.3) is 0 Å². The maximum absolute atomic E-state index is 10.4. The molecule has 0 radical (unpaired) electrons. The Morgan fingerprint density at radius 1 is 1.12 bits per heavy atom. The van der Waals surface area contributed by atoms with E-state index in [2.05, 4.69) is 47.5 Å². The Bertz CT molecular complexity index is 730. The van der Waals surface area contributed by atoms with Crippen LogP contribution in [0.4, 0.5) is 5.69 Å². The Balaban J connectivity index is 1.59. The van der Waals surface area contributed by atoms with E-state index in [1.807, 2.05) is 12.1 Å². The summed E-state index contributed by atoms with van der Waals surface area (Å²) in [5.74, 6) is 0. The summed E-state index contributed by atoms with van der Waals surface area (Å²) in [4.78, 5) is 2.43. The third-order valence-corrected chi connectivity index (χ3v) is 4.88. The number of anilines is 1. The highest BCUT2D eigenvalue weighted by atomic mass is 16.3. The first kappa shape index (κ1) is 17.5. The van der Waals surface area contributed by atoms with Crippen molar-refractivity contribution < 1.29 is 5.11 Å². The van der Waals surface area contributed by atoms with Gasteiger partial charge in [-0.15, -0.1) is 0 Å². The van der Waals surface area contributed by atoms with Gasteiger partial charge in [0.15, 0.2) is 0 Å². The largest absolute Gasteiger partial charge is 0.387 e. The normalized spacial score (nSPS) is 16.4. The molecule has 3 rings (SSSR count). The number of hydrogen-bond donors (Lipinski definition) is 2. The molecule has 0 aromatic heterocycles. The molecule has 0 amide bonds. The van der Waals surface area contributed by atoms with Gasteiger partial charge in [-0.3, -0.25) is 0 Å². The molecular weight excluding hydrogens is 310 g/mol. The minimum atomic E-state index is -0.586. The van der Waals surface area contributed by atoms with Crippen molar-refractivity contribution in [3.8, 4) is 6.07 Å². The van der Waals surface area contributed by atoms with Gasteiger partial charge in [-0.05, 0) is 55.2 Å². The SMILES string of the molecule is CC(NCC(O)c1ccc(C#N)cc1)c1cccc(N2CCCC2)c1. The third kappa shape index (κ3) is 4.39. The lowest BCUT2D eigenvalue weighted by Gasteiger charge is -2.21. The molecule has 4 nitrogen and oxygen atoms in total. The predicted molar refractivity (Wildman–Crippen MR) is 100 cm³/mol. The average Bonchev–Trinajstić information content (AvgIpc) is 3.21. The molecule has 0 aliphatic carbocycles. The van der Waals surface area contributed by atoms with Crippen LogP contribution in [0.1, 0.15) is 48.6 Å². The van der Waals surface area contributed by atoms with Crippen molar-refractivity contribution in [3.63, 3.8) is 0 Å². The van der Waals surface area contributed by atoms with Crippen molar-refractivity contribution in [2.75, 3.05) is 24.5 Å². The van der Waals surface area contributed by atoms with Gasteiger partial charge in [0.05, 0.1) is 17.7 Å². The minimum Gasteiger partial charge on any atom is -0.387 e. The molecule has 1 aliphatic rings. The van der Waals surface area contributed by atoms with E-state index in [0.29, 0.717) is 12.1 Å². The van der Waals surface area contributed by atoms with Gasteiger partial charge < -0.3 is 15.3 Å². The van der Waals surface area contributed by atoms with E-state index in [9.17, 15) is 5.11 Å². The van der Waals surface area contributed by atoms with E-state index in [0.717, 1.165) is 18.7 Å². The molecule has 0 spiro atoms. The summed E-state index contributed by atoms with van der Waals surface area (Å²) in [5.41, 5.74) is 3.95. The summed E-state index contributed by atoms with van der Waals surface area (Å²) >= 11 is 0. The van der Waals surface area contributed by atoms with E-state index in [-0.39, 0.29) is 6.04 Å². The smallest absolute Gasteiger partial charge is 0.0991 e. The summed E-state index contributed by atoms with van der Waals surface area (Å²) < 4.78 is 0. The van der Waals surface area contributed by atoms with Crippen molar-refractivity contribution in [1.29, 1.82) is 5.26 Å². The second-order valence-corrected chi connectivity index (χ2v) is 6.67. The Hall–Kier alpha value is -2.35. The van der Waals surface area contributed by atoms with Crippen LogP contribution < -0.4 is 10.2 Å². The van der Waals surface area contributed by atoms with Gasteiger partial charge in [0.1, 0.15) is 0 Å². The molecule has 2 unspecified atom stereocenters. The van der Waals surface area contributed by atoms with Crippen LogP contribution in [-0.2, 0) is 0 Å². The van der Waals surface area contributed by atoms with E-state index < -0.39 is 6.10 Å². The molecule has 4 heteroatoms. The number of benzene rings is 2. The lowest BCUT2D eigenvalue weighted by atomic mass is 10.0. The van der Waals surface area contributed by atoms with Crippen molar-refractivity contribution >= 4 is 5.69 Å². The lowest BCUT2D eigenvalue weighted by Crippen LogP contribution is -2.25. The van der Waals surface area contributed by atoms with Crippen LogP contribution in [0.15, 0.2) is 48.5 Å². The van der Waals surface area contributed by atoms with Crippen molar-refractivity contribution in [2.45, 2.75) is 31.9 Å². The van der Waals surface area contributed by atoms with Crippen LogP contribution in [0.2, 0.25) is 0 Å². The van der Waals surface area contributed by atoms with Gasteiger partial charge in [0, 0.05) is 31.4 Å². The second kappa shape index (κ2) is 8.15. The summed E-state index contributed by atoms with van der Waals surface area (Å²) in [6, 6.07) is 18.0. The van der Waals surface area contributed by atoms with E-state index in [1.165, 1.54) is 24.1 Å². The molecule has 0 bridgehead atoms. The van der Waals surface area contributed by atoms with Crippen molar-refractivity contribution in [2.24, 2.45) is 0 Å². The number of nitriles is 1. The fourth-order valence-electron chi connectivity index (χ4n) is 3.27. The van der Waals surface area contributed by atoms with Gasteiger partial charge in [-0.1, -0.05) is 24.3 Å². The van der Waals surface area contributed by atoms with Crippen molar-refractivity contribution in [1.82, 2.24) is 5.32 Å². The topological polar surface area (TPSA) is 59.3 Å². The summed E-state index contributed by atoms with van der Waals surface area (Å²) in [7, 11) is 0. The first-order valence-electron chi connectivity index (χ1n) is 8.94. The Kier molecular flexibility index (Phi) is 5.70. The molecule has 1 heterocycles. The highest BCUT2D eigenvalue weighted by Crippen LogP contribution is 2.24. The van der Waals surface area contributed by atoms with E-state index in [1.54, 1.807) is 12.1 Å². The predicted octanol–water partition coefficient (Wildman–Crippen LogP) is 3.54. The van der Waals surface area contributed by atoms with Gasteiger partial charge in [-0.2, -0.15) is 5.26 Å². The molecule has 1 saturated heterocycles. The molecule has 0 saturated carbocycles. The van der Waals surface area contributed by atoms with E-state index >= 15 is 0 Å². The fourth-order valence-corrected chi connectivity index (χ4v) is 3.27. The third-order valence-electron chi connectivity index (χ3n) is 4.88. The molecule has 2 N–H and O–H groups in total. The Labute approximate surface area is 149 Å². The molecule has 2 atom stereocenters. The highest BCUT2D eigenvalue weighted by Gasteiger charge is 2.15. The summed E-state index contributed by atoms with van der Waals surface area (Å²) in [6.07, 6.45) is 1.96. The molecule has 1 aliphatic heterocycles. The number of hydrogen-bond acceptors (Lipinski definition) is 4. The quantitative estimate of drug-likeness (QED) is 0.848. The maximum atomic E-state index is 10.4. The number of aliphatic hydroxyl groups is 1. The number of rotatable bonds is 6. The first-order valence-corrected chi connectivity index (χ1v) is 8.94. The highest BCUT2D eigenvalue weighted by molar-refractivity contribution is 5.49. The number of nitrogens with zero attached hydrogens (tertiary/aromatic N) is 2. The number of aliphatic hydroxyl groups excluding tert-OH is 1. The number of nitrogens with one attached hydrogen (secondary N) is 1. The van der Waals surface area contributed by atoms with Gasteiger partial charge >= 0.3 is 0 Å². The fraction of sp³-hybridized carbons (Fsp3) is 0.381. The molecule has 1 fully saturated rings. The molecule has 130 valence electrons. The zero-order valence-electron chi connectivity index (χ0n) is 14.7. The minimum absolute atomic E-state index is 0.163. The lowest BCUT2D eigenvalue weighted by molar-refractivity contribution is 0.171. The molecule has 2 aromatic rings. The van der Waals surface area contributed by atoms with Gasteiger partial charge in [-0.25, -0.2) is 0 Å². The second-order valence-electron chi connectivity index (χ2n) is 6.67. The standard InChI is InChI=1S/C21H25N3O/c1-16(19-5-4-6-20(13-19)24-11-2-3-12-24)23-15-21(25)18-9-7-17(14-22)8-10-18/h4-10,13,16,21,23,25H,2-3,11-12,15H2,1H3. The van der Waals surface area contributed by atoms with Crippen LogP contribution in [0.3, 0.4) is 0 Å². The molecule has 25 heavy (non-hydrogen) atoms. The summed E-state index contributed by atoms with van der Waals surface area (Å²) in [6.45, 7) is 4.88. The van der Waals surface area contributed by atoms with E-state index in [4.69, 9.17) is 5.26 Å². The zero-order chi connectivity index (χ0) is 17.6. The van der Waals surface area contributed by atoms with Gasteiger partial charge in [0.25, 0.3) is 0 Å². The average molecular weight is 335 g/mol. The van der Waals surface area contributed by atoms with Gasteiger partial charge in [0.2, 0.25) is 0 Å². The zero-order valence-corrected chi connectivity index (χ0v) is 14.7. The molecular formula is C21H25N3O. The van der Waals surface area contributed by atoms with Crippen LogP contribution in [-0.4, -0.2) is 24.7 Å². The maximum Gasteiger partial charge on any atom is 0.0991 e. The van der Waals surface area contributed by atoms with Crippen LogP contribution in [0.5, 0.6) is 0 Å². The monoisotopic (exact) mass is 335 g/mol. The van der Waals surface area contributed by atoms with Crippen molar-refractivity contribution in [3.05, 3.63) is 65.2 Å². The Morgan fingerprint density at radius 2 is 1.84 bits per heavy atom. The Morgan fingerprint density at radius 3 is 2.52 bits per heavy atom. The first-order chi connectivity index (χ1) is 12.2. The van der Waals surface area contributed by atoms with Crippen LogP contribution in [0, 0.1) is 11.3 Å². The van der Waals surface area contributed by atoms with Crippen LogP contribution >= 0.6 is 0 Å².